The summed E-state index contributed by atoms with van der Waals surface area (Å²) in [6.45, 7) is 8.90. The predicted molar refractivity (Wildman–Crippen MR) is 80.4 cm³/mol. The molecule has 1 aromatic carbocycles. The first-order valence-electron chi connectivity index (χ1n) is 7.18. The van der Waals surface area contributed by atoms with E-state index in [0.29, 0.717) is 13.0 Å². The second kappa shape index (κ2) is 8.70. The molecule has 19 heavy (non-hydrogen) atoms. The van der Waals surface area contributed by atoms with Gasteiger partial charge in [-0.2, -0.15) is 0 Å². The number of carbonyl (C=O) groups is 1. The van der Waals surface area contributed by atoms with Crippen LogP contribution in [0.2, 0.25) is 0 Å². The van der Waals surface area contributed by atoms with Crippen LogP contribution in [0.3, 0.4) is 0 Å². The fourth-order valence-corrected chi connectivity index (χ4v) is 2.19. The summed E-state index contributed by atoms with van der Waals surface area (Å²) < 4.78 is 0. The first-order valence-corrected chi connectivity index (χ1v) is 7.18. The Balaban J connectivity index is 2.30. The van der Waals surface area contributed by atoms with E-state index in [9.17, 15) is 4.79 Å². The highest BCUT2D eigenvalue weighted by Gasteiger charge is 2.12. The Labute approximate surface area is 116 Å². The lowest BCUT2D eigenvalue weighted by Crippen LogP contribution is -2.32. The molecule has 0 radical (unpaired) electrons. The number of rotatable bonds is 8. The maximum Gasteiger partial charge on any atom is 0.220 e. The summed E-state index contributed by atoms with van der Waals surface area (Å²) in [5, 5.41) is 6.23. The molecule has 0 bridgehead atoms. The smallest absolute Gasteiger partial charge is 0.220 e. The Kier molecular flexibility index (Phi) is 7.19. The van der Waals surface area contributed by atoms with Crippen LogP contribution in [0.1, 0.15) is 43.7 Å². The van der Waals surface area contributed by atoms with Gasteiger partial charge in [-0.25, -0.2) is 0 Å². The summed E-state index contributed by atoms with van der Waals surface area (Å²) >= 11 is 0. The molecule has 0 saturated heterocycles. The Hall–Kier alpha value is -1.35. The molecule has 2 N–H and O–H groups in total. The Morgan fingerprint density at radius 3 is 2.63 bits per heavy atom. The van der Waals surface area contributed by atoms with E-state index < -0.39 is 0 Å². The van der Waals surface area contributed by atoms with E-state index in [2.05, 4.69) is 43.5 Å². The van der Waals surface area contributed by atoms with Gasteiger partial charge in [-0.15, -0.1) is 0 Å². The highest BCUT2D eigenvalue weighted by molar-refractivity contribution is 5.76. The van der Waals surface area contributed by atoms with Crippen LogP contribution in [0, 0.1) is 6.92 Å². The van der Waals surface area contributed by atoms with Gasteiger partial charge >= 0.3 is 0 Å². The van der Waals surface area contributed by atoms with E-state index in [-0.39, 0.29) is 11.8 Å². The van der Waals surface area contributed by atoms with Crippen molar-refractivity contribution in [2.75, 3.05) is 19.6 Å². The fraction of sp³-hybridized carbons (Fsp3) is 0.562. The van der Waals surface area contributed by atoms with Crippen LogP contribution in [-0.4, -0.2) is 25.5 Å². The van der Waals surface area contributed by atoms with Gasteiger partial charge in [0.05, 0.1) is 0 Å². The number of amides is 1. The number of aryl methyl sites for hydroxylation is 1. The first kappa shape index (κ1) is 15.7. The highest BCUT2D eigenvalue weighted by Crippen LogP contribution is 2.21. The molecule has 0 fully saturated rings. The average molecular weight is 262 g/mol. The van der Waals surface area contributed by atoms with E-state index in [4.69, 9.17) is 0 Å². The fourth-order valence-electron chi connectivity index (χ4n) is 2.19. The normalized spacial score (nSPS) is 12.2. The van der Waals surface area contributed by atoms with Crippen molar-refractivity contribution in [1.82, 2.24) is 10.6 Å². The minimum atomic E-state index is 0.133. The van der Waals surface area contributed by atoms with Gasteiger partial charge in [0, 0.05) is 19.5 Å². The van der Waals surface area contributed by atoms with E-state index in [0.717, 1.165) is 19.5 Å². The average Bonchev–Trinajstić information content (AvgIpc) is 2.39. The lowest BCUT2D eigenvalue weighted by Gasteiger charge is -2.14. The first-order chi connectivity index (χ1) is 9.15. The van der Waals surface area contributed by atoms with Crippen molar-refractivity contribution in [2.45, 2.75) is 39.5 Å². The molecule has 0 aliphatic rings. The van der Waals surface area contributed by atoms with Crippen LogP contribution < -0.4 is 10.6 Å². The number of benzene rings is 1. The van der Waals surface area contributed by atoms with Crippen molar-refractivity contribution < 1.29 is 4.79 Å². The summed E-state index contributed by atoms with van der Waals surface area (Å²) in [5.41, 5.74) is 2.52. The van der Waals surface area contributed by atoms with Crippen molar-refractivity contribution in [2.24, 2.45) is 0 Å². The molecule has 0 spiro atoms. The third-order valence-corrected chi connectivity index (χ3v) is 3.26. The summed E-state index contributed by atoms with van der Waals surface area (Å²) in [6, 6.07) is 8.27. The van der Waals surface area contributed by atoms with Crippen molar-refractivity contribution >= 4 is 5.91 Å². The molecule has 1 rings (SSSR count). The summed E-state index contributed by atoms with van der Waals surface area (Å²) in [4.78, 5) is 11.8. The Morgan fingerprint density at radius 2 is 1.95 bits per heavy atom. The van der Waals surface area contributed by atoms with Gasteiger partial charge in [-0.1, -0.05) is 38.1 Å². The second-order valence-corrected chi connectivity index (χ2v) is 5.06. The summed E-state index contributed by atoms with van der Waals surface area (Å²) in [7, 11) is 0. The highest BCUT2D eigenvalue weighted by atomic mass is 16.1. The molecule has 0 aromatic heterocycles. The third-order valence-electron chi connectivity index (χ3n) is 3.26. The number of nitrogens with one attached hydrogen (secondary N) is 2. The number of hydrogen-bond acceptors (Lipinski definition) is 2. The molecular formula is C16H26N2O. The van der Waals surface area contributed by atoms with Crippen LogP contribution in [0.4, 0.5) is 0 Å². The molecule has 106 valence electrons. The molecule has 3 heteroatoms. The van der Waals surface area contributed by atoms with Gasteiger partial charge in [-0.3, -0.25) is 4.79 Å². The molecular weight excluding hydrogens is 236 g/mol. The maximum atomic E-state index is 11.8. The van der Waals surface area contributed by atoms with E-state index >= 15 is 0 Å². The van der Waals surface area contributed by atoms with Gasteiger partial charge in [0.2, 0.25) is 5.91 Å². The third kappa shape index (κ3) is 5.88. The molecule has 0 aliphatic carbocycles. The van der Waals surface area contributed by atoms with Crippen LogP contribution in [0.15, 0.2) is 24.3 Å². The van der Waals surface area contributed by atoms with Crippen molar-refractivity contribution in [3.63, 3.8) is 0 Å². The lowest BCUT2D eigenvalue weighted by molar-refractivity contribution is -0.121. The Morgan fingerprint density at radius 1 is 1.21 bits per heavy atom. The maximum absolute atomic E-state index is 11.8. The topological polar surface area (TPSA) is 41.1 Å². The predicted octanol–water partition coefficient (Wildman–Crippen LogP) is 2.60. The van der Waals surface area contributed by atoms with Gasteiger partial charge in [0.25, 0.3) is 0 Å². The van der Waals surface area contributed by atoms with Crippen LogP contribution >= 0.6 is 0 Å². The van der Waals surface area contributed by atoms with Gasteiger partial charge < -0.3 is 10.6 Å². The molecule has 0 aliphatic heterocycles. The SMILES string of the molecule is CCCNCCNC(=O)CC(C)c1ccccc1C. The van der Waals surface area contributed by atoms with Crippen LogP contribution in [0.5, 0.6) is 0 Å². The minimum Gasteiger partial charge on any atom is -0.355 e. The molecule has 3 nitrogen and oxygen atoms in total. The second-order valence-electron chi connectivity index (χ2n) is 5.06. The zero-order chi connectivity index (χ0) is 14.1. The zero-order valence-electron chi connectivity index (χ0n) is 12.3. The molecule has 0 heterocycles. The van der Waals surface area contributed by atoms with Crippen LogP contribution in [0.25, 0.3) is 0 Å². The van der Waals surface area contributed by atoms with E-state index in [1.807, 2.05) is 12.1 Å². The molecule has 1 amide bonds. The van der Waals surface area contributed by atoms with E-state index in [1.165, 1.54) is 11.1 Å². The molecule has 0 saturated carbocycles. The van der Waals surface area contributed by atoms with Crippen LogP contribution in [-0.2, 0) is 4.79 Å². The summed E-state index contributed by atoms with van der Waals surface area (Å²) in [5.74, 6) is 0.402. The molecule has 1 aromatic rings. The summed E-state index contributed by atoms with van der Waals surface area (Å²) in [6.07, 6.45) is 1.68. The molecule has 1 unspecified atom stereocenters. The quantitative estimate of drug-likeness (QED) is 0.707. The van der Waals surface area contributed by atoms with Gasteiger partial charge in [0.1, 0.15) is 0 Å². The Bertz CT molecular complexity index is 390. The number of hydrogen-bond donors (Lipinski definition) is 2. The lowest BCUT2D eigenvalue weighted by atomic mass is 9.93. The van der Waals surface area contributed by atoms with Gasteiger partial charge in [0.15, 0.2) is 0 Å². The van der Waals surface area contributed by atoms with E-state index in [1.54, 1.807) is 0 Å². The minimum absolute atomic E-state index is 0.133. The molecule has 1 atom stereocenters. The van der Waals surface area contributed by atoms with Gasteiger partial charge in [-0.05, 0) is 36.9 Å². The van der Waals surface area contributed by atoms with Crippen molar-refractivity contribution in [3.05, 3.63) is 35.4 Å². The van der Waals surface area contributed by atoms with Crippen molar-refractivity contribution in [3.8, 4) is 0 Å². The number of carbonyl (C=O) groups excluding carboxylic acids is 1. The zero-order valence-corrected chi connectivity index (χ0v) is 12.3. The largest absolute Gasteiger partial charge is 0.355 e. The monoisotopic (exact) mass is 262 g/mol. The van der Waals surface area contributed by atoms with Crippen molar-refractivity contribution in [1.29, 1.82) is 0 Å². The standard InChI is InChI=1S/C16H26N2O/c1-4-9-17-10-11-18-16(19)12-14(3)15-8-6-5-7-13(15)2/h5-8,14,17H,4,9-12H2,1-3H3,(H,18,19).